The molecule has 1 N–H and O–H groups in total. The lowest BCUT2D eigenvalue weighted by Crippen LogP contribution is -2.59. The summed E-state index contributed by atoms with van der Waals surface area (Å²) in [6.45, 7) is 3.43. The Labute approximate surface area is 146 Å². The highest BCUT2D eigenvalue weighted by Gasteiger charge is 2.40. The van der Waals surface area contributed by atoms with E-state index < -0.39 is 11.9 Å². The van der Waals surface area contributed by atoms with Crippen LogP contribution in [0.1, 0.15) is 12.8 Å². The number of fused-ring (bicyclic) bond motifs is 1. The molecule has 0 radical (unpaired) electrons. The van der Waals surface area contributed by atoms with Gasteiger partial charge in [0.2, 0.25) is 5.88 Å². The van der Waals surface area contributed by atoms with E-state index in [0.717, 1.165) is 25.9 Å². The van der Waals surface area contributed by atoms with Crippen molar-refractivity contribution in [1.82, 2.24) is 20.2 Å². The molecule has 8 heteroatoms. The molecule has 126 valence electrons. The molecule has 1 aromatic heterocycles. The fraction of sp³-hybridized carbons (Fsp3) is 0.438. The molecular weight excluding hydrogens is 379 g/mol. The van der Waals surface area contributed by atoms with Crippen LogP contribution in [-0.2, 0) is 0 Å². The summed E-state index contributed by atoms with van der Waals surface area (Å²) in [7, 11) is 0. The molecule has 2 saturated heterocycles. The van der Waals surface area contributed by atoms with Gasteiger partial charge >= 0.3 is 6.09 Å². The Morgan fingerprint density at radius 2 is 2.04 bits per heavy atom. The maximum absolute atomic E-state index is 13.6. The van der Waals surface area contributed by atoms with Crippen LogP contribution in [-0.4, -0.2) is 47.1 Å². The summed E-state index contributed by atoms with van der Waals surface area (Å²) in [6.07, 6.45) is 2.81. The molecule has 1 aromatic carbocycles. The van der Waals surface area contributed by atoms with Gasteiger partial charge in [-0.2, -0.15) is 0 Å². The fourth-order valence-corrected chi connectivity index (χ4v) is 3.60. The van der Waals surface area contributed by atoms with Gasteiger partial charge in [-0.3, -0.25) is 0 Å². The quantitative estimate of drug-likeness (QED) is 0.805. The summed E-state index contributed by atoms with van der Waals surface area (Å²) in [5.74, 6) is -0.273. The van der Waals surface area contributed by atoms with E-state index in [9.17, 15) is 9.18 Å². The second-order valence-electron chi connectivity index (χ2n) is 6.42. The zero-order valence-electron chi connectivity index (χ0n) is 12.9. The fourth-order valence-electron chi connectivity index (χ4n) is 3.25. The van der Waals surface area contributed by atoms with Gasteiger partial charge in [0.25, 0.3) is 0 Å². The average molecular weight is 395 g/mol. The van der Waals surface area contributed by atoms with Gasteiger partial charge in [0.1, 0.15) is 12.1 Å². The van der Waals surface area contributed by atoms with Crippen molar-refractivity contribution in [2.24, 2.45) is 5.41 Å². The van der Waals surface area contributed by atoms with Crippen molar-refractivity contribution in [3.63, 3.8) is 0 Å². The maximum atomic E-state index is 13.6. The predicted octanol–water partition coefficient (Wildman–Crippen LogP) is 2.72. The van der Waals surface area contributed by atoms with Crippen LogP contribution in [0.15, 0.2) is 22.9 Å². The van der Waals surface area contributed by atoms with Crippen molar-refractivity contribution in [2.75, 3.05) is 26.2 Å². The van der Waals surface area contributed by atoms with Gasteiger partial charge in [0, 0.05) is 32.2 Å². The number of halogens is 2. The number of nitrogens with zero attached hydrogens (tertiary/aromatic N) is 3. The van der Waals surface area contributed by atoms with Crippen LogP contribution in [0, 0.1) is 11.2 Å². The minimum Gasteiger partial charge on any atom is -0.390 e. The zero-order valence-corrected chi connectivity index (χ0v) is 14.5. The maximum Gasteiger partial charge on any atom is 0.416 e. The second-order valence-corrected chi connectivity index (χ2v) is 7.28. The third kappa shape index (κ3) is 2.73. The molecule has 0 bridgehead atoms. The van der Waals surface area contributed by atoms with Gasteiger partial charge in [-0.1, -0.05) is 0 Å². The number of aromatic nitrogens is 2. The molecular formula is C16H16BrFN4O2. The third-order valence-electron chi connectivity index (χ3n) is 4.91. The number of hydrogen-bond acceptors (Lipinski definition) is 5. The normalized spacial score (nSPS) is 19.3. The number of hydrogen-bond donors (Lipinski definition) is 1. The van der Waals surface area contributed by atoms with Crippen molar-refractivity contribution in [1.29, 1.82) is 0 Å². The number of carbonyl (C=O) groups excluding carboxylic acids is 1. The van der Waals surface area contributed by atoms with E-state index in [1.54, 1.807) is 4.90 Å². The van der Waals surface area contributed by atoms with Gasteiger partial charge < -0.3 is 15.0 Å². The lowest BCUT2D eigenvalue weighted by Gasteiger charge is -2.47. The molecule has 4 rings (SSSR count). The highest BCUT2D eigenvalue weighted by molar-refractivity contribution is 9.10. The van der Waals surface area contributed by atoms with E-state index in [0.29, 0.717) is 29.4 Å². The monoisotopic (exact) mass is 394 g/mol. The molecule has 6 nitrogen and oxygen atoms in total. The summed E-state index contributed by atoms with van der Waals surface area (Å²) >= 11 is 3.13. The SMILES string of the molecule is O=C(Oc1ncnc2cc(F)c(Br)cc12)N1CCC2(CC1)CNC2. The molecule has 0 aliphatic carbocycles. The first-order valence-electron chi connectivity index (χ1n) is 7.84. The second kappa shape index (κ2) is 5.93. The standard InChI is InChI=1S/C16H16BrFN4O2/c17-11-5-10-13(6-12(11)18)20-9-21-14(10)24-15(23)22-3-1-16(2-4-22)7-19-8-16/h5-6,9,19H,1-4,7-8H2. The minimum absolute atomic E-state index is 0.149. The van der Waals surface area contributed by atoms with Crippen molar-refractivity contribution < 1.29 is 13.9 Å². The van der Waals surface area contributed by atoms with Gasteiger partial charge in [-0.05, 0) is 40.3 Å². The summed E-state index contributed by atoms with van der Waals surface area (Å²) in [6, 6.07) is 2.81. The largest absolute Gasteiger partial charge is 0.416 e. The van der Waals surface area contributed by atoms with Crippen LogP contribution in [0.5, 0.6) is 5.88 Å². The molecule has 2 aliphatic rings. The molecule has 1 spiro atoms. The number of rotatable bonds is 1. The van der Waals surface area contributed by atoms with Gasteiger partial charge in [0.05, 0.1) is 15.4 Å². The van der Waals surface area contributed by atoms with E-state index in [1.807, 2.05) is 0 Å². The number of piperidine rings is 1. The Morgan fingerprint density at radius 3 is 2.71 bits per heavy atom. The van der Waals surface area contributed by atoms with E-state index in [4.69, 9.17) is 4.74 Å². The molecule has 2 fully saturated rings. The Bertz CT molecular complexity index is 802. The van der Waals surface area contributed by atoms with Crippen LogP contribution in [0.25, 0.3) is 10.9 Å². The lowest BCUT2D eigenvalue weighted by atomic mass is 9.73. The molecule has 24 heavy (non-hydrogen) atoms. The van der Waals surface area contributed by atoms with Crippen molar-refractivity contribution >= 4 is 32.9 Å². The van der Waals surface area contributed by atoms with Crippen LogP contribution < -0.4 is 10.1 Å². The van der Waals surface area contributed by atoms with Crippen LogP contribution in [0.3, 0.4) is 0 Å². The topological polar surface area (TPSA) is 67.3 Å². The molecule has 3 heterocycles. The van der Waals surface area contributed by atoms with Gasteiger partial charge in [-0.15, -0.1) is 0 Å². The van der Waals surface area contributed by atoms with Crippen LogP contribution in [0.4, 0.5) is 9.18 Å². The Balaban J connectivity index is 1.51. The minimum atomic E-state index is -0.422. The van der Waals surface area contributed by atoms with Gasteiger partial charge in [0.15, 0.2) is 0 Å². The molecule has 0 atom stereocenters. The highest BCUT2D eigenvalue weighted by Crippen LogP contribution is 2.35. The molecule has 2 aliphatic heterocycles. The molecule has 1 amide bonds. The summed E-state index contributed by atoms with van der Waals surface area (Å²) in [4.78, 5) is 22.2. The number of amides is 1. The van der Waals surface area contributed by atoms with Crippen LogP contribution in [0.2, 0.25) is 0 Å². The van der Waals surface area contributed by atoms with Crippen molar-refractivity contribution in [3.8, 4) is 5.88 Å². The van der Waals surface area contributed by atoms with Crippen molar-refractivity contribution in [3.05, 3.63) is 28.7 Å². The summed E-state index contributed by atoms with van der Waals surface area (Å²) < 4.78 is 19.4. The first-order valence-corrected chi connectivity index (χ1v) is 8.63. The Morgan fingerprint density at radius 1 is 1.29 bits per heavy atom. The average Bonchev–Trinajstić information content (AvgIpc) is 2.55. The van der Waals surface area contributed by atoms with Gasteiger partial charge in [-0.25, -0.2) is 19.2 Å². The number of carbonyl (C=O) groups is 1. The third-order valence-corrected chi connectivity index (χ3v) is 5.51. The molecule has 0 unspecified atom stereocenters. The molecule has 0 saturated carbocycles. The lowest BCUT2D eigenvalue weighted by molar-refractivity contribution is 0.0566. The first kappa shape index (κ1) is 15.7. The number of likely N-dealkylation sites (tertiary alicyclic amines) is 1. The zero-order chi connectivity index (χ0) is 16.7. The Hall–Kier alpha value is -1.80. The van der Waals surface area contributed by atoms with E-state index >= 15 is 0 Å². The summed E-state index contributed by atoms with van der Waals surface area (Å²) in [5, 5.41) is 3.79. The molecule has 2 aromatic rings. The number of nitrogens with one attached hydrogen (secondary N) is 1. The van der Waals surface area contributed by atoms with E-state index in [2.05, 4.69) is 31.2 Å². The smallest absolute Gasteiger partial charge is 0.390 e. The highest BCUT2D eigenvalue weighted by atomic mass is 79.9. The van der Waals surface area contributed by atoms with Crippen LogP contribution >= 0.6 is 15.9 Å². The summed E-state index contributed by atoms with van der Waals surface area (Å²) in [5.41, 5.74) is 0.757. The predicted molar refractivity (Wildman–Crippen MR) is 89.3 cm³/mol. The number of benzene rings is 1. The Kier molecular flexibility index (Phi) is 3.88. The number of ether oxygens (including phenoxy) is 1. The van der Waals surface area contributed by atoms with E-state index in [1.165, 1.54) is 18.5 Å². The van der Waals surface area contributed by atoms with E-state index in [-0.39, 0.29) is 10.4 Å². The first-order chi connectivity index (χ1) is 11.6. The van der Waals surface area contributed by atoms with Crippen molar-refractivity contribution in [2.45, 2.75) is 12.8 Å².